The first-order valence-corrected chi connectivity index (χ1v) is 8.48. The van der Waals surface area contributed by atoms with E-state index in [1.165, 1.54) is 17.6 Å². The van der Waals surface area contributed by atoms with Crippen molar-refractivity contribution in [1.29, 1.82) is 0 Å². The quantitative estimate of drug-likeness (QED) is 0.490. The standard InChI is InChI=1S/C20H17F3N2O3/c1-2-28-19(27)17(20(21,22)23)24-16-14-10-6-7-11-15(14)25(18(16)26)12-13-8-4-3-5-9-13/h3-11,26H,2,12H2,1H3/p-1. The minimum atomic E-state index is -5.05. The summed E-state index contributed by atoms with van der Waals surface area (Å²) in [6.07, 6.45) is -5.05. The average molecular weight is 389 g/mol. The summed E-state index contributed by atoms with van der Waals surface area (Å²) in [5, 5.41) is 13.1. The number of carbonyl (C=O) groups excluding carboxylic acids is 1. The van der Waals surface area contributed by atoms with E-state index in [0.29, 0.717) is 5.52 Å². The predicted octanol–water partition coefficient (Wildman–Crippen LogP) is 3.96. The van der Waals surface area contributed by atoms with Crippen molar-refractivity contribution in [3.8, 4) is 5.88 Å². The first-order chi connectivity index (χ1) is 13.3. The first-order valence-electron chi connectivity index (χ1n) is 8.48. The molecular weight excluding hydrogens is 373 g/mol. The molecule has 8 heteroatoms. The zero-order valence-corrected chi connectivity index (χ0v) is 14.9. The second-order valence-corrected chi connectivity index (χ2v) is 5.92. The molecular formula is C20H16F3N2O3-. The summed E-state index contributed by atoms with van der Waals surface area (Å²) >= 11 is 0. The molecule has 1 aromatic heterocycles. The lowest BCUT2D eigenvalue weighted by Gasteiger charge is -2.15. The Balaban J connectivity index is 2.18. The van der Waals surface area contributed by atoms with Gasteiger partial charge in [-0.25, -0.2) is 9.79 Å². The van der Waals surface area contributed by atoms with E-state index in [1.807, 2.05) is 6.07 Å². The number of fused-ring (bicyclic) bond motifs is 1. The summed E-state index contributed by atoms with van der Waals surface area (Å²) in [7, 11) is 0. The molecule has 0 aliphatic carbocycles. The van der Waals surface area contributed by atoms with Crippen molar-refractivity contribution in [3.05, 3.63) is 60.2 Å². The van der Waals surface area contributed by atoms with Crippen LogP contribution in [0.5, 0.6) is 5.88 Å². The maximum atomic E-state index is 13.3. The summed E-state index contributed by atoms with van der Waals surface area (Å²) in [6, 6.07) is 15.4. The van der Waals surface area contributed by atoms with Gasteiger partial charge in [0.1, 0.15) is 0 Å². The van der Waals surface area contributed by atoms with Gasteiger partial charge in [0.05, 0.1) is 17.8 Å². The lowest BCUT2D eigenvalue weighted by molar-refractivity contribution is -0.277. The molecule has 0 unspecified atom stereocenters. The number of esters is 1. The normalized spacial score (nSPS) is 12.4. The van der Waals surface area contributed by atoms with Gasteiger partial charge < -0.3 is 14.4 Å². The fourth-order valence-corrected chi connectivity index (χ4v) is 2.83. The lowest BCUT2D eigenvalue weighted by Crippen LogP contribution is -2.32. The second-order valence-electron chi connectivity index (χ2n) is 5.92. The molecule has 0 saturated carbocycles. The Morgan fingerprint density at radius 2 is 1.75 bits per heavy atom. The largest absolute Gasteiger partial charge is 0.859 e. The number of benzene rings is 2. The fourth-order valence-electron chi connectivity index (χ4n) is 2.83. The molecule has 0 radical (unpaired) electrons. The number of rotatable bonds is 5. The van der Waals surface area contributed by atoms with Gasteiger partial charge in [0, 0.05) is 11.9 Å². The van der Waals surface area contributed by atoms with Crippen LogP contribution in [0.25, 0.3) is 10.9 Å². The Morgan fingerprint density at radius 3 is 2.39 bits per heavy atom. The monoisotopic (exact) mass is 389 g/mol. The number of carbonyl (C=O) groups is 1. The van der Waals surface area contributed by atoms with Crippen molar-refractivity contribution in [1.82, 2.24) is 4.57 Å². The number of para-hydroxylation sites is 1. The van der Waals surface area contributed by atoms with Crippen LogP contribution in [-0.2, 0) is 16.1 Å². The van der Waals surface area contributed by atoms with Gasteiger partial charge in [0.25, 0.3) is 0 Å². The van der Waals surface area contributed by atoms with E-state index in [9.17, 15) is 23.1 Å². The maximum absolute atomic E-state index is 13.3. The number of hydrogen-bond donors (Lipinski definition) is 0. The van der Waals surface area contributed by atoms with Crippen LogP contribution in [0.2, 0.25) is 0 Å². The number of aliphatic imine (C=N–C) groups is 1. The number of hydrogen-bond acceptors (Lipinski definition) is 4. The molecule has 2 aromatic carbocycles. The molecule has 146 valence electrons. The third kappa shape index (κ3) is 3.85. The molecule has 0 amide bonds. The van der Waals surface area contributed by atoms with Crippen molar-refractivity contribution in [2.75, 3.05) is 6.61 Å². The van der Waals surface area contributed by atoms with E-state index in [4.69, 9.17) is 0 Å². The fraction of sp³-hybridized carbons (Fsp3) is 0.200. The molecule has 0 aliphatic rings. The molecule has 1 heterocycles. The SMILES string of the molecule is CCOC(=O)C(=Nc1c([O-])n(Cc2ccccc2)c2ccccc12)C(F)(F)F. The smallest absolute Gasteiger partial charge is 0.440 e. The molecule has 28 heavy (non-hydrogen) atoms. The Bertz CT molecular complexity index is 1020. The second kappa shape index (κ2) is 7.75. The number of aromatic nitrogens is 1. The molecule has 0 spiro atoms. The molecule has 3 rings (SSSR count). The highest BCUT2D eigenvalue weighted by atomic mass is 19.4. The summed E-state index contributed by atoms with van der Waals surface area (Å²) in [5.74, 6) is -2.33. The van der Waals surface area contributed by atoms with Crippen LogP contribution >= 0.6 is 0 Å². The maximum Gasteiger partial charge on any atom is 0.440 e. The van der Waals surface area contributed by atoms with E-state index in [-0.39, 0.29) is 18.5 Å². The highest BCUT2D eigenvalue weighted by molar-refractivity contribution is 6.39. The molecule has 3 aromatic rings. The van der Waals surface area contributed by atoms with Gasteiger partial charge in [-0.3, -0.25) is 0 Å². The molecule has 5 nitrogen and oxygen atoms in total. The van der Waals surface area contributed by atoms with Crippen molar-refractivity contribution in [2.24, 2.45) is 4.99 Å². The average Bonchev–Trinajstić information content (AvgIpc) is 2.91. The molecule has 0 aliphatic heterocycles. The van der Waals surface area contributed by atoms with Crippen LogP contribution in [0.15, 0.2) is 59.6 Å². The van der Waals surface area contributed by atoms with Crippen LogP contribution in [0.1, 0.15) is 12.5 Å². The van der Waals surface area contributed by atoms with Gasteiger partial charge in [-0.1, -0.05) is 48.5 Å². The number of nitrogens with zero attached hydrogens (tertiary/aromatic N) is 2. The highest BCUT2D eigenvalue weighted by Gasteiger charge is 2.42. The molecule has 0 N–H and O–H groups in total. The third-order valence-corrected chi connectivity index (χ3v) is 4.04. The number of halogens is 3. The molecule has 0 fully saturated rings. The zero-order chi connectivity index (χ0) is 20.3. The minimum Gasteiger partial charge on any atom is -0.859 e. The van der Waals surface area contributed by atoms with Crippen LogP contribution in [0.4, 0.5) is 18.9 Å². The van der Waals surface area contributed by atoms with Gasteiger partial charge in [-0.2, -0.15) is 13.2 Å². The number of ether oxygens (including phenoxy) is 1. The van der Waals surface area contributed by atoms with E-state index in [1.54, 1.807) is 42.5 Å². The van der Waals surface area contributed by atoms with Gasteiger partial charge in [-0.05, 0) is 24.4 Å². The number of alkyl halides is 3. The third-order valence-electron chi connectivity index (χ3n) is 4.04. The topological polar surface area (TPSA) is 66.7 Å². The van der Waals surface area contributed by atoms with E-state index < -0.39 is 29.4 Å². The summed E-state index contributed by atoms with van der Waals surface area (Å²) in [5.41, 5.74) is -0.959. The Kier molecular flexibility index (Phi) is 5.39. The first kappa shape index (κ1) is 19.5. The van der Waals surface area contributed by atoms with Gasteiger partial charge in [0.15, 0.2) is 0 Å². The van der Waals surface area contributed by atoms with Gasteiger partial charge in [-0.15, -0.1) is 0 Å². The Hall–Kier alpha value is -3.29. The van der Waals surface area contributed by atoms with Crippen molar-refractivity contribution >= 4 is 28.3 Å². The van der Waals surface area contributed by atoms with E-state index in [2.05, 4.69) is 9.73 Å². The summed E-state index contributed by atoms with van der Waals surface area (Å²) in [6.45, 7) is 1.31. The van der Waals surface area contributed by atoms with Gasteiger partial charge >= 0.3 is 12.1 Å². The van der Waals surface area contributed by atoms with E-state index in [0.717, 1.165) is 5.56 Å². The Labute approximate surface area is 158 Å². The summed E-state index contributed by atoms with van der Waals surface area (Å²) in [4.78, 5) is 15.2. The molecule has 0 saturated heterocycles. The van der Waals surface area contributed by atoms with Crippen LogP contribution in [0.3, 0.4) is 0 Å². The molecule has 0 atom stereocenters. The Morgan fingerprint density at radius 1 is 1.11 bits per heavy atom. The van der Waals surface area contributed by atoms with E-state index >= 15 is 0 Å². The van der Waals surface area contributed by atoms with Crippen LogP contribution in [0, 0.1) is 0 Å². The predicted molar refractivity (Wildman–Crippen MR) is 96.7 cm³/mol. The van der Waals surface area contributed by atoms with Crippen molar-refractivity contribution in [3.63, 3.8) is 0 Å². The van der Waals surface area contributed by atoms with Gasteiger partial charge in [0.2, 0.25) is 5.71 Å². The minimum absolute atomic E-state index is 0.163. The van der Waals surface area contributed by atoms with Crippen LogP contribution < -0.4 is 5.11 Å². The van der Waals surface area contributed by atoms with Crippen molar-refractivity contribution in [2.45, 2.75) is 19.6 Å². The molecule has 0 bridgehead atoms. The lowest BCUT2D eigenvalue weighted by atomic mass is 10.2. The summed E-state index contributed by atoms with van der Waals surface area (Å²) < 4.78 is 45.8. The zero-order valence-electron chi connectivity index (χ0n) is 14.9. The highest BCUT2D eigenvalue weighted by Crippen LogP contribution is 2.38. The van der Waals surface area contributed by atoms with Crippen LogP contribution in [-0.4, -0.2) is 29.0 Å². The van der Waals surface area contributed by atoms with Crippen molar-refractivity contribution < 1.29 is 27.8 Å².